The minimum absolute atomic E-state index is 0.0600. The van der Waals surface area contributed by atoms with Gasteiger partial charge < -0.3 is 15.0 Å². The second-order valence-corrected chi connectivity index (χ2v) is 5.50. The molecule has 24 heavy (non-hydrogen) atoms. The average molecular weight is 328 g/mol. The molecule has 2 aromatic rings. The first kappa shape index (κ1) is 16.0. The van der Waals surface area contributed by atoms with Crippen LogP contribution in [-0.2, 0) is 4.79 Å². The number of nitrogens with zero attached hydrogens (tertiary/aromatic N) is 1. The van der Waals surface area contributed by atoms with E-state index in [1.165, 1.54) is 31.4 Å². The number of hydrogen-bond acceptors (Lipinski definition) is 3. The van der Waals surface area contributed by atoms with Gasteiger partial charge in [-0.1, -0.05) is 6.07 Å². The Bertz CT molecular complexity index is 792. The topological polar surface area (TPSA) is 58.6 Å². The molecule has 2 aromatic carbocycles. The van der Waals surface area contributed by atoms with Gasteiger partial charge >= 0.3 is 0 Å². The van der Waals surface area contributed by atoms with Crippen molar-refractivity contribution in [3.05, 3.63) is 53.8 Å². The molecule has 0 atom stereocenters. The maximum absolute atomic E-state index is 13.2. The molecule has 2 amide bonds. The maximum atomic E-state index is 13.2. The first-order valence-corrected chi connectivity index (χ1v) is 7.64. The fourth-order valence-corrected chi connectivity index (χ4v) is 2.71. The van der Waals surface area contributed by atoms with Gasteiger partial charge in [0.2, 0.25) is 5.91 Å². The summed E-state index contributed by atoms with van der Waals surface area (Å²) >= 11 is 0. The van der Waals surface area contributed by atoms with E-state index >= 15 is 0 Å². The van der Waals surface area contributed by atoms with Crippen LogP contribution in [0.1, 0.15) is 23.2 Å². The highest BCUT2D eigenvalue weighted by atomic mass is 19.1. The summed E-state index contributed by atoms with van der Waals surface area (Å²) in [5, 5.41) is 2.70. The van der Waals surface area contributed by atoms with Gasteiger partial charge in [-0.25, -0.2) is 4.39 Å². The Labute approximate surface area is 139 Å². The molecule has 0 aliphatic carbocycles. The van der Waals surface area contributed by atoms with E-state index in [9.17, 15) is 14.0 Å². The smallest absolute Gasteiger partial charge is 0.255 e. The summed E-state index contributed by atoms with van der Waals surface area (Å²) in [5.41, 5.74) is 1.42. The molecule has 6 heteroatoms. The Morgan fingerprint density at radius 2 is 2.08 bits per heavy atom. The van der Waals surface area contributed by atoms with Crippen molar-refractivity contribution in [1.82, 2.24) is 0 Å². The lowest BCUT2D eigenvalue weighted by atomic mass is 10.2. The van der Waals surface area contributed by atoms with E-state index in [0.717, 1.165) is 6.42 Å². The van der Waals surface area contributed by atoms with Gasteiger partial charge in [-0.2, -0.15) is 0 Å². The number of rotatable bonds is 4. The number of carbonyl (C=O) groups is 2. The van der Waals surface area contributed by atoms with Gasteiger partial charge in [-0.05, 0) is 36.8 Å². The number of ether oxygens (including phenoxy) is 1. The highest BCUT2D eigenvalue weighted by molar-refractivity contribution is 6.04. The summed E-state index contributed by atoms with van der Waals surface area (Å²) in [6, 6.07) is 10.5. The van der Waals surface area contributed by atoms with Crippen LogP contribution in [0.2, 0.25) is 0 Å². The van der Waals surface area contributed by atoms with Crippen LogP contribution in [-0.4, -0.2) is 25.5 Å². The molecule has 1 saturated heterocycles. The van der Waals surface area contributed by atoms with Crippen LogP contribution in [0.4, 0.5) is 15.8 Å². The zero-order valence-corrected chi connectivity index (χ0v) is 13.2. The second kappa shape index (κ2) is 6.70. The highest BCUT2D eigenvalue weighted by Gasteiger charge is 2.24. The molecule has 0 spiro atoms. The fraction of sp³-hybridized carbons (Fsp3) is 0.222. The third-order valence-corrected chi connectivity index (χ3v) is 3.89. The predicted octanol–water partition coefficient (Wildman–Crippen LogP) is 3.21. The molecular weight excluding hydrogens is 311 g/mol. The molecule has 0 bridgehead atoms. The zero-order chi connectivity index (χ0) is 17.1. The molecule has 5 nitrogen and oxygen atoms in total. The number of halogens is 1. The Morgan fingerprint density at radius 3 is 2.75 bits per heavy atom. The van der Waals surface area contributed by atoms with Crippen molar-refractivity contribution < 1.29 is 18.7 Å². The van der Waals surface area contributed by atoms with Crippen LogP contribution >= 0.6 is 0 Å². The molecule has 3 rings (SSSR count). The van der Waals surface area contributed by atoms with Crippen molar-refractivity contribution in [3.8, 4) is 5.75 Å². The third kappa shape index (κ3) is 3.22. The normalized spacial score (nSPS) is 13.9. The van der Waals surface area contributed by atoms with Gasteiger partial charge in [-0.15, -0.1) is 0 Å². The zero-order valence-electron chi connectivity index (χ0n) is 13.2. The van der Waals surface area contributed by atoms with Gasteiger partial charge in [0.05, 0.1) is 12.8 Å². The molecule has 1 aliphatic rings. The van der Waals surface area contributed by atoms with E-state index in [1.807, 2.05) is 0 Å². The summed E-state index contributed by atoms with van der Waals surface area (Å²) in [6.45, 7) is 0.657. The lowest BCUT2D eigenvalue weighted by molar-refractivity contribution is -0.117. The minimum Gasteiger partial charge on any atom is -0.494 e. The number of anilines is 2. The Hall–Kier alpha value is -2.89. The van der Waals surface area contributed by atoms with Crippen molar-refractivity contribution in [2.45, 2.75) is 12.8 Å². The monoisotopic (exact) mass is 328 g/mol. The highest BCUT2D eigenvalue weighted by Crippen LogP contribution is 2.33. The number of amides is 2. The van der Waals surface area contributed by atoms with Gasteiger partial charge in [-0.3, -0.25) is 9.59 Å². The second-order valence-electron chi connectivity index (χ2n) is 5.50. The number of benzene rings is 2. The molecular formula is C18H17FN2O3. The van der Waals surface area contributed by atoms with Gasteiger partial charge in [0.25, 0.3) is 5.91 Å². The lowest BCUT2D eigenvalue weighted by Gasteiger charge is -2.19. The van der Waals surface area contributed by atoms with Crippen molar-refractivity contribution in [1.29, 1.82) is 0 Å². The van der Waals surface area contributed by atoms with Crippen LogP contribution in [0.25, 0.3) is 0 Å². The molecule has 1 N–H and O–H groups in total. The largest absolute Gasteiger partial charge is 0.494 e. The van der Waals surface area contributed by atoms with E-state index < -0.39 is 11.7 Å². The maximum Gasteiger partial charge on any atom is 0.255 e. The molecule has 0 unspecified atom stereocenters. The summed E-state index contributed by atoms with van der Waals surface area (Å²) < 4.78 is 18.6. The van der Waals surface area contributed by atoms with Crippen LogP contribution in [0, 0.1) is 5.82 Å². The van der Waals surface area contributed by atoms with E-state index in [1.54, 1.807) is 23.1 Å². The Kier molecular flexibility index (Phi) is 4.46. The number of hydrogen-bond donors (Lipinski definition) is 1. The molecule has 1 aliphatic heterocycles. The first-order chi connectivity index (χ1) is 11.6. The number of methoxy groups -OCH3 is 1. The standard InChI is InChI=1S/C18H17FN2O3/c1-24-16-11-14(7-8-15(16)21-9-3-6-17(21)22)20-18(23)12-4-2-5-13(19)10-12/h2,4-5,7-8,10-11H,3,6,9H2,1H3,(H,20,23). The van der Waals surface area contributed by atoms with Crippen molar-refractivity contribution in [2.75, 3.05) is 23.9 Å². The van der Waals surface area contributed by atoms with E-state index in [-0.39, 0.29) is 11.5 Å². The van der Waals surface area contributed by atoms with Crippen LogP contribution in [0.5, 0.6) is 5.75 Å². The van der Waals surface area contributed by atoms with Crippen molar-refractivity contribution >= 4 is 23.2 Å². The minimum atomic E-state index is -0.469. The molecule has 1 heterocycles. The lowest BCUT2D eigenvalue weighted by Crippen LogP contribution is -2.24. The van der Waals surface area contributed by atoms with E-state index in [0.29, 0.717) is 30.1 Å². The van der Waals surface area contributed by atoms with Crippen LogP contribution in [0.3, 0.4) is 0 Å². The molecule has 124 valence electrons. The number of nitrogens with one attached hydrogen (secondary N) is 1. The Balaban J connectivity index is 1.82. The van der Waals surface area contributed by atoms with Crippen LogP contribution < -0.4 is 15.0 Å². The van der Waals surface area contributed by atoms with Gasteiger partial charge in [0.15, 0.2) is 0 Å². The van der Waals surface area contributed by atoms with E-state index in [2.05, 4.69) is 5.32 Å². The molecule has 0 aromatic heterocycles. The van der Waals surface area contributed by atoms with Crippen molar-refractivity contribution in [2.24, 2.45) is 0 Å². The molecule has 0 radical (unpaired) electrons. The molecule has 1 fully saturated rings. The fourth-order valence-electron chi connectivity index (χ4n) is 2.71. The van der Waals surface area contributed by atoms with E-state index in [4.69, 9.17) is 4.74 Å². The summed E-state index contributed by atoms with van der Waals surface area (Å²) in [7, 11) is 1.51. The third-order valence-electron chi connectivity index (χ3n) is 3.89. The summed E-state index contributed by atoms with van der Waals surface area (Å²) in [6.07, 6.45) is 1.35. The average Bonchev–Trinajstić information content (AvgIpc) is 3.00. The Morgan fingerprint density at radius 1 is 1.25 bits per heavy atom. The van der Waals surface area contributed by atoms with Crippen LogP contribution in [0.15, 0.2) is 42.5 Å². The summed E-state index contributed by atoms with van der Waals surface area (Å²) in [5.74, 6) is -0.322. The molecule has 0 saturated carbocycles. The van der Waals surface area contributed by atoms with Gasteiger partial charge in [0, 0.05) is 30.3 Å². The predicted molar refractivity (Wildman–Crippen MR) is 88.9 cm³/mol. The van der Waals surface area contributed by atoms with Crippen molar-refractivity contribution in [3.63, 3.8) is 0 Å². The summed E-state index contributed by atoms with van der Waals surface area (Å²) in [4.78, 5) is 25.7. The first-order valence-electron chi connectivity index (χ1n) is 7.64. The quantitative estimate of drug-likeness (QED) is 0.937. The van der Waals surface area contributed by atoms with Gasteiger partial charge in [0.1, 0.15) is 11.6 Å². The number of carbonyl (C=O) groups excluding carboxylic acids is 2. The SMILES string of the molecule is COc1cc(NC(=O)c2cccc(F)c2)ccc1N1CCCC1=O.